The Morgan fingerprint density at radius 2 is 1.91 bits per heavy atom. The molecule has 7 heteroatoms. The smallest absolute Gasteiger partial charge is 0.182 e. The van der Waals surface area contributed by atoms with Crippen LogP contribution in [0.25, 0.3) is 11.3 Å². The molecule has 0 saturated heterocycles. The van der Waals surface area contributed by atoms with E-state index in [2.05, 4.69) is 41.2 Å². The Hall–Kier alpha value is -2.72. The van der Waals surface area contributed by atoms with Crippen molar-refractivity contribution in [3.8, 4) is 17.3 Å². The molecule has 0 spiro atoms. The Labute approximate surface area is 141 Å². The fourth-order valence-electron chi connectivity index (χ4n) is 2.13. The van der Waals surface area contributed by atoms with Crippen LogP contribution in [0.3, 0.4) is 0 Å². The second kappa shape index (κ2) is 6.58. The second-order valence-electron chi connectivity index (χ2n) is 4.92. The number of aromatic amines is 1. The first-order valence-electron chi connectivity index (χ1n) is 6.96. The summed E-state index contributed by atoms with van der Waals surface area (Å²) in [5.41, 5.74) is 2.25. The summed E-state index contributed by atoms with van der Waals surface area (Å²) in [5.74, 6) is 1.21. The monoisotopic (exact) mass is 368 g/mol. The molecule has 3 aromatic rings. The number of rotatable bonds is 4. The molecular formula is C16H13BrN6. The van der Waals surface area contributed by atoms with Crippen molar-refractivity contribution in [3.63, 3.8) is 0 Å². The lowest BCUT2D eigenvalue weighted by molar-refractivity contribution is 0.801. The number of H-pyrrole nitrogens is 1. The first kappa shape index (κ1) is 15.2. The zero-order chi connectivity index (χ0) is 16.2. The van der Waals surface area contributed by atoms with Crippen LogP contribution in [-0.2, 0) is 0 Å². The van der Waals surface area contributed by atoms with E-state index in [0.717, 1.165) is 21.6 Å². The molecule has 23 heavy (non-hydrogen) atoms. The molecule has 0 unspecified atom stereocenters. The second-order valence-corrected chi connectivity index (χ2v) is 5.84. The van der Waals surface area contributed by atoms with E-state index >= 15 is 0 Å². The Balaban J connectivity index is 1.80. The summed E-state index contributed by atoms with van der Waals surface area (Å²) >= 11 is 3.42. The van der Waals surface area contributed by atoms with E-state index in [4.69, 9.17) is 5.26 Å². The van der Waals surface area contributed by atoms with Crippen LogP contribution in [0.2, 0.25) is 0 Å². The molecular weight excluding hydrogens is 356 g/mol. The number of nitriles is 1. The normalized spacial score (nSPS) is 11.7. The lowest BCUT2D eigenvalue weighted by atomic mass is 10.2. The predicted molar refractivity (Wildman–Crippen MR) is 90.5 cm³/mol. The van der Waals surface area contributed by atoms with Gasteiger partial charge in [0.1, 0.15) is 11.9 Å². The van der Waals surface area contributed by atoms with Gasteiger partial charge >= 0.3 is 0 Å². The van der Waals surface area contributed by atoms with Crippen molar-refractivity contribution >= 4 is 21.7 Å². The summed E-state index contributed by atoms with van der Waals surface area (Å²) in [4.78, 5) is 15.8. The summed E-state index contributed by atoms with van der Waals surface area (Å²) in [7, 11) is 0. The van der Waals surface area contributed by atoms with Gasteiger partial charge in [0, 0.05) is 16.9 Å². The van der Waals surface area contributed by atoms with E-state index < -0.39 is 0 Å². The first-order chi connectivity index (χ1) is 11.2. The molecule has 0 bridgehead atoms. The van der Waals surface area contributed by atoms with Crippen molar-refractivity contribution in [2.24, 2.45) is 0 Å². The first-order valence-corrected chi connectivity index (χ1v) is 7.75. The number of halogens is 1. The molecule has 6 nitrogen and oxygen atoms in total. The third-order valence-electron chi connectivity index (χ3n) is 3.32. The standard InChI is InChI=1S/C16H13BrN6/c1-10(22-16-13(8-18)19-6-7-20-16)15-21-9-14(23-15)11-2-4-12(17)5-3-11/h2-7,9-10H,1H3,(H,20,22)(H,21,23)/t10-/m0/s1. The zero-order valence-corrected chi connectivity index (χ0v) is 13.9. The van der Waals surface area contributed by atoms with Crippen molar-refractivity contribution in [1.29, 1.82) is 5.26 Å². The SMILES string of the molecule is C[C@H](Nc1nccnc1C#N)c1ncc(-c2ccc(Br)cc2)[nH]1. The molecule has 2 heterocycles. The molecule has 2 aromatic heterocycles. The van der Waals surface area contributed by atoms with E-state index in [-0.39, 0.29) is 11.7 Å². The number of benzene rings is 1. The van der Waals surface area contributed by atoms with Crippen LogP contribution in [0.5, 0.6) is 0 Å². The van der Waals surface area contributed by atoms with E-state index in [1.165, 1.54) is 6.20 Å². The van der Waals surface area contributed by atoms with Gasteiger partial charge in [-0.15, -0.1) is 0 Å². The molecule has 1 atom stereocenters. The fraction of sp³-hybridized carbons (Fsp3) is 0.125. The van der Waals surface area contributed by atoms with Crippen molar-refractivity contribution < 1.29 is 0 Å². The predicted octanol–water partition coefficient (Wildman–Crippen LogP) is 3.67. The van der Waals surface area contributed by atoms with E-state index in [1.807, 2.05) is 37.3 Å². The summed E-state index contributed by atoms with van der Waals surface area (Å²) in [6, 6.07) is 9.87. The summed E-state index contributed by atoms with van der Waals surface area (Å²) in [6.45, 7) is 1.94. The molecule has 0 saturated carbocycles. The highest BCUT2D eigenvalue weighted by atomic mass is 79.9. The zero-order valence-electron chi connectivity index (χ0n) is 12.3. The van der Waals surface area contributed by atoms with Crippen molar-refractivity contribution in [2.75, 3.05) is 5.32 Å². The van der Waals surface area contributed by atoms with Gasteiger partial charge in [0.15, 0.2) is 11.5 Å². The van der Waals surface area contributed by atoms with Crippen molar-refractivity contribution in [1.82, 2.24) is 19.9 Å². The Bertz CT molecular complexity index is 850. The number of nitrogens with zero attached hydrogens (tertiary/aromatic N) is 4. The molecule has 0 amide bonds. The van der Waals surface area contributed by atoms with Gasteiger partial charge in [-0.25, -0.2) is 15.0 Å². The molecule has 3 rings (SSSR count). The van der Waals surface area contributed by atoms with Gasteiger partial charge in [-0.1, -0.05) is 28.1 Å². The van der Waals surface area contributed by atoms with E-state index in [0.29, 0.717) is 5.82 Å². The van der Waals surface area contributed by atoms with E-state index in [9.17, 15) is 0 Å². The molecule has 0 aliphatic heterocycles. The molecule has 114 valence electrons. The van der Waals surface area contributed by atoms with Crippen LogP contribution in [-0.4, -0.2) is 19.9 Å². The van der Waals surface area contributed by atoms with Crippen LogP contribution >= 0.6 is 15.9 Å². The molecule has 0 aliphatic carbocycles. The summed E-state index contributed by atoms with van der Waals surface area (Å²) < 4.78 is 1.03. The number of aromatic nitrogens is 4. The molecule has 0 fully saturated rings. The van der Waals surface area contributed by atoms with Gasteiger partial charge in [-0.2, -0.15) is 5.26 Å². The molecule has 0 radical (unpaired) electrons. The summed E-state index contributed by atoms with van der Waals surface area (Å²) in [6.07, 6.45) is 4.83. The van der Waals surface area contributed by atoms with Crippen molar-refractivity contribution in [3.05, 3.63) is 58.8 Å². The van der Waals surface area contributed by atoms with Crippen LogP contribution in [0.4, 0.5) is 5.82 Å². The maximum atomic E-state index is 9.06. The Morgan fingerprint density at radius 1 is 1.17 bits per heavy atom. The highest BCUT2D eigenvalue weighted by Crippen LogP contribution is 2.23. The third kappa shape index (κ3) is 3.38. The molecule has 0 aliphatic rings. The van der Waals surface area contributed by atoms with Gasteiger partial charge in [-0.05, 0) is 24.6 Å². The molecule has 2 N–H and O–H groups in total. The van der Waals surface area contributed by atoms with Gasteiger partial charge < -0.3 is 10.3 Å². The maximum absolute atomic E-state index is 9.06. The van der Waals surface area contributed by atoms with Crippen LogP contribution in [0, 0.1) is 11.3 Å². The van der Waals surface area contributed by atoms with Crippen molar-refractivity contribution in [2.45, 2.75) is 13.0 Å². The Kier molecular flexibility index (Phi) is 4.35. The fourth-order valence-corrected chi connectivity index (χ4v) is 2.40. The van der Waals surface area contributed by atoms with Crippen LogP contribution in [0.15, 0.2) is 47.3 Å². The minimum absolute atomic E-state index is 0.136. The lowest BCUT2D eigenvalue weighted by Gasteiger charge is -2.12. The van der Waals surface area contributed by atoms with E-state index in [1.54, 1.807) is 12.4 Å². The highest BCUT2D eigenvalue weighted by Gasteiger charge is 2.13. The van der Waals surface area contributed by atoms with Gasteiger partial charge in [0.05, 0.1) is 17.9 Å². The molecule has 1 aromatic carbocycles. The number of hydrogen-bond donors (Lipinski definition) is 2. The lowest BCUT2D eigenvalue weighted by Crippen LogP contribution is -2.11. The average Bonchev–Trinajstić information content (AvgIpc) is 3.06. The number of nitrogens with one attached hydrogen (secondary N) is 2. The third-order valence-corrected chi connectivity index (χ3v) is 3.85. The summed E-state index contributed by atoms with van der Waals surface area (Å²) in [5, 5.41) is 12.2. The van der Waals surface area contributed by atoms with Gasteiger partial charge in [0.2, 0.25) is 0 Å². The van der Waals surface area contributed by atoms with Crippen LogP contribution < -0.4 is 5.32 Å². The Morgan fingerprint density at radius 3 is 2.65 bits per heavy atom. The number of hydrogen-bond acceptors (Lipinski definition) is 5. The highest BCUT2D eigenvalue weighted by molar-refractivity contribution is 9.10. The number of imidazole rings is 1. The maximum Gasteiger partial charge on any atom is 0.182 e. The topological polar surface area (TPSA) is 90.3 Å². The van der Waals surface area contributed by atoms with Gasteiger partial charge in [0.25, 0.3) is 0 Å². The largest absolute Gasteiger partial charge is 0.358 e. The quantitative estimate of drug-likeness (QED) is 0.732. The number of anilines is 1. The van der Waals surface area contributed by atoms with Gasteiger partial charge in [-0.3, -0.25) is 0 Å². The van der Waals surface area contributed by atoms with Crippen LogP contribution in [0.1, 0.15) is 24.5 Å². The average molecular weight is 369 g/mol. The minimum atomic E-state index is -0.136. The minimum Gasteiger partial charge on any atom is -0.358 e.